The molecule has 0 amide bonds. The zero-order valence-corrected chi connectivity index (χ0v) is 20.0. The molecule has 176 valence electrons. The van der Waals surface area contributed by atoms with Gasteiger partial charge in [-0.25, -0.2) is 0 Å². The van der Waals surface area contributed by atoms with E-state index in [0.29, 0.717) is 23.1 Å². The predicted molar refractivity (Wildman–Crippen MR) is 121 cm³/mol. The van der Waals surface area contributed by atoms with E-state index in [1.807, 2.05) is 0 Å². The van der Waals surface area contributed by atoms with Crippen LogP contribution in [-0.2, 0) is 14.0 Å². The average molecular weight is 463 g/mol. The van der Waals surface area contributed by atoms with Crippen molar-refractivity contribution < 1.29 is 33.2 Å². The molecule has 32 heavy (non-hydrogen) atoms. The van der Waals surface area contributed by atoms with Crippen molar-refractivity contribution in [2.45, 2.75) is 84.5 Å². The Morgan fingerprint density at radius 3 is 1.75 bits per heavy atom. The minimum atomic E-state index is -3.13. The highest BCUT2D eigenvalue weighted by Crippen LogP contribution is 2.30. The van der Waals surface area contributed by atoms with Gasteiger partial charge in [-0.05, 0) is 12.8 Å². The first kappa shape index (κ1) is 27.4. The summed E-state index contributed by atoms with van der Waals surface area (Å²) in [5, 5.41) is 0. The van der Waals surface area contributed by atoms with E-state index in [-0.39, 0.29) is 17.3 Å². The van der Waals surface area contributed by atoms with Crippen LogP contribution in [0.3, 0.4) is 0 Å². The molecule has 0 saturated heterocycles. The fourth-order valence-electron chi connectivity index (χ4n) is 3.67. The van der Waals surface area contributed by atoms with E-state index in [4.69, 9.17) is 18.8 Å². The first-order valence-electron chi connectivity index (χ1n) is 11.3. The molecule has 0 unspecified atom stereocenters. The van der Waals surface area contributed by atoms with E-state index >= 15 is 0 Å². The number of Topliss-reactive ketones (excluding diaryl/α,β-unsaturated/α-hetero) is 2. The van der Waals surface area contributed by atoms with Crippen LogP contribution in [0.4, 0.5) is 0 Å². The zero-order valence-electron chi connectivity index (χ0n) is 19.0. The van der Waals surface area contributed by atoms with Crippen LogP contribution < -0.4 is 0 Å². The Morgan fingerprint density at radius 1 is 0.844 bits per heavy atom. The lowest BCUT2D eigenvalue weighted by molar-refractivity contribution is -0.136. The first-order valence-corrected chi connectivity index (χ1v) is 12.6. The third-order valence-electron chi connectivity index (χ3n) is 5.20. The molecule has 0 radical (unpaired) electrons. The lowest BCUT2D eigenvalue weighted by Crippen LogP contribution is -2.24. The number of ether oxygens (including phenoxy) is 1. The van der Waals surface area contributed by atoms with Crippen LogP contribution in [0.1, 0.15) is 105 Å². The van der Waals surface area contributed by atoms with E-state index in [0.717, 1.165) is 19.3 Å². The van der Waals surface area contributed by atoms with Gasteiger partial charge in [-0.1, -0.05) is 89.0 Å². The number of fused-ring (bicyclic) bond motifs is 1. The Labute approximate surface area is 191 Å². The van der Waals surface area contributed by atoms with Gasteiger partial charge in [0.25, 0.3) is 0 Å². The summed E-state index contributed by atoms with van der Waals surface area (Å²) in [5.74, 6) is -1.21. The molecule has 8 heteroatoms. The van der Waals surface area contributed by atoms with Crippen molar-refractivity contribution in [3.63, 3.8) is 0 Å². The molecule has 0 aliphatic heterocycles. The van der Waals surface area contributed by atoms with Crippen molar-refractivity contribution in [1.82, 2.24) is 0 Å². The van der Waals surface area contributed by atoms with Gasteiger partial charge in [0.15, 0.2) is 11.5 Å². The second kappa shape index (κ2) is 15.2. The number of ketones is 2. The summed E-state index contributed by atoms with van der Waals surface area (Å²) in [6.07, 6.45) is 12.4. The summed E-state index contributed by atoms with van der Waals surface area (Å²) in [5.41, 5.74) is 1.07. The molecule has 0 heterocycles. The van der Waals surface area contributed by atoms with E-state index in [1.165, 1.54) is 51.9 Å². The van der Waals surface area contributed by atoms with Crippen LogP contribution in [0.5, 0.6) is 0 Å². The smallest absolute Gasteiger partial charge is 0.511 e. The number of allylic oxidation sites excluding steroid dienone is 2. The van der Waals surface area contributed by atoms with Gasteiger partial charge >= 0.3 is 15.1 Å². The van der Waals surface area contributed by atoms with Crippen molar-refractivity contribution in [2.75, 3.05) is 0 Å². The molecule has 2 N–H and O–H groups in total. The van der Waals surface area contributed by atoms with Gasteiger partial charge in [0, 0.05) is 23.6 Å². The number of carbonyl (C=O) groups excluding carboxylic acids is 3. The second-order valence-corrected chi connectivity index (χ2v) is 8.38. The number of hydrogen-bond donors (Lipinski definition) is 2. The van der Waals surface area contributed by atoms with Crippen molar-refractivity contribution in [3.8, 4) is 0 Å². The molecule has 1 aromatic rings. The SMILES string of the molecule is CCCCCCCCCCCCC1=C(OC(C)=O)C(=O)c2ccccc2C1=O.O=[Si](O)O. The van der Waals surface area contributed by atoms with Crippen LogP contribution in [0.2, 0.25) is 0 Å². The molecular formula is C24H34O7Si. The van der Waals surface area contributed by atoms with Gasteiger partial charge in [0.2, 0.25) is 5.78 Å². The molecule has 0 spiro atoms. The number of esters is 1. The number of carbonyl (C=O) groups is 3. The van der Waals surface area contributed by atoms with Gasteiger partial charge in [-0.2, -0.15) is 0 Å². The summed E-state index contributed by atoms with van der Waals surface area (Å²) >= 11 is 0. The highest BCUT2D eigenvalue weighted by Gasteiger charge is 2.33. The Kier molecular flexibility index (Phi) is 13.1. The monoisotopic (exact) mass is 462 g/mol. The number of unbranched alkanes of at least 4 members (excludes halogenated alkanes) is 9. The van der Waals surface area contributed by atoms with Gasteiger partial charge in [0.05, 0.1) is 0 Å². The molecule has 1 aromatic carbocycles. The van der Waals surface area contributed by atoms with Crippen LogP contribution in [0, 0.1) is 0 Å². The van der Waals surface area contributed by atoms with Crippen molar-refractivity contribution in [1.29, 1.82) is 0 Å². The summed E-state index contributed by atoms with van der Waals surface area (Å²) in [4.78, 5) is 51.3. The minimum absolute atomic E-state index is 0.0767. The molecule has 7 nitrogen and oxygen atoms in total. The molecule has 0 fully saturated rings. The standard InChI is InChI=1S/C24H32O4.H2O3Si/c1-3-4-5-6-7-8-9-10-11-12-17-21-22(26)19-15-13-14-16-20(19)23(27)24(21)28-18(2)25;1-4(2)3/h13-16H,3-12,17H2,1-2H3;1-2H. The Hall–Kier alpha value is -2.61. The van der Waals surface area contributed by atoms with Gasteiger partial charge in [0.1, 0.15) is 0 Å². The lowest BCUT2D eigenvalue weighted by Gasteiger charge is -2.20. The van der Waals surface area contributed by atoms with Gasteiger partial charge in [-0.15, -0.1) is 0 Å². The van der Waals surface area contributed by atoms with Crippen LogP contribution in [-0.4, -0.2) is 36.3 Å². The third-order valence-corrected chi connectivity index (χ3v) is 5.20. The average Bonchev–Trinajstić information content (AvgIpc) is 2.74. The Balaban J connectivity index is 0.00000118. The largest absolute Gasteiger partial charge is 0.761 e. The fraction of sp³-hybridized carbons (Fsp3) is 0.542. The zero-order chi connectivity index (χ0) is 23.9. The quantitative estimate of drug-likeness (QED) is 0.265. The van der Waals surface area contributed by atoms with E-state index in [2.05, 4.69) is 6.92 Å². The first-order chi connectivity index (χ1) is 15.3. The van der Waals surface area contributed by atoms with Crippen molar-refractivity contribution in [3.05, 3.63) is 46.7 Å². The Morgan fingerprint density at radius 2 is 1.28 bits per heavy atom. The minimum Gasteiger partial charge on any atom is -0.511 e. The topological polar surface area (TPSA) is 118 Å². The molecular weight excluding hydrogens is 428 g/mol. The molecule has 0 saturated carbocycles. The summed E-state index contributed by atoms with van der Waals surface area (Å²) < 4.78 is 13.9. The highest BCUT2D eigenvalue weighted by molar-refractivity contribution is 6.26. The second-order valence-electron chi connectivity index (χ2n) is 7.82. The molecule has 0 aromatic heterocycles. The fourth-order valence-corrected chi connectivity index (χ4v) is 3.67. The predicted octanol–water partition coefficient (Wildman–Crippen LogP) is 4.58. The van der Waals surface area contributed by atoms with Crippen LogP contribution in [0.25, 0.3) is 0 Å². The van der Waals surface area contributed by atoms with Crippen LogP contribution in [0.15, 0.2) is 35.6 Å². The van der Waals surface area contributed by atoms with E-state index in [9.17, 15) is 14.4 Å². The Bertz CT molecular complexity index is 825. The maximum atomic E-state index is 12.8. The lowest BCUT2D eigenvalue weighted by atomic mass is 9.86. The molecule has 1 aliphatic rings. The maximum Gasteiger partial charge on any atom is 0.761 e. The number of rotatable bonds is 12. The van der Waals surface area contributed by atoms with Crippen LogP contribution >= 0.6 is 0 Å². The molecule has 0 bridgehead atoms. The molecule has 0 atom stereocenters. The third kappa shape index (κ3) is 9.68. The van der Waals surface area contributed by atoms with Gasteiger partial charge < -0.3 is 14.3 Å². The highest BCUT2D eigenvalue weighted by atomic mass is 28.3. The normalized spacial score (nSPS) is 12.7. The summed E-state index contributed by atoms with van der Waals surface area (Å²) in [6.45, 7) is 3.48. The number of benzene rings is 1. The number of hydrogen-bond acceptors (Lipinski definition) is 5. The summed E-state index contributed by atoms with van der Waals surface area (Å²) in [7, 11) is -3.13. The van der Waals surface area contributed by atoms with Crippen molar-refractivity contribution >= 4 is 26.7 Å². The molecule has 2 rings (SSSR count). The van der Waals surface area contributed by atoms with Gasteiger partial charge in [-0.3, -0.25) is 18.8 Å². The maximum absolute atomic E-state index is 12.8. The molecule has 1 aliphatic carbocycles. The van der Waals surface area contributed by atoms with E-state index in [1.54, 1.807) is 24.3 Å². The van der Waals surface area contributed by atoms with E-state index < -0.39 is 15.1 Å². The summed E-state index contributed by atoms with van der Waals surface area (Å²) in [6, 6.07) is 6.73. The van der Waals surface area contributed by atoms with Crippen molar-refractivity contribution in [2.24, 2.45) is 0 Å².